The molecule has 4 aromatic rings. The largest absolute Gasteiger partial charge is 0.480 e. The molecule has 3 heterocycles. The van der Waals surface area contributed by atoms with Gasteiger partial charge in [0.25, 0.3) is 0 Å². The third-order valence-corrected chi connectivity index (χ3v) is 7.96. The molecule has 1 unspecified atom stereocenters. The van der Waals surface area contributed by atoms with E-state index >= 15 is 0 Å². The molecule has 0 bridgehead atoms. The number of fused-ring (bicyclic) bond motifs is 2. The smallest absolute Gasteiger partial charge is 0.323 e. The van der Waals surface area contributed by atoms with E-state index in [2.05, 4.69) is 6.07 Å². The molecule has 0 saturated carbocycles. The number of benzene rings is 3. The van der Waals surface area contributed by atoms with Gasteiger partial charge in [-0.1, -0.05) is 54.1 Å². The summed E-state index contributed by atoms with van der Waals surface area (Å²) in [5, 5.41) is 14.6. The van der Waals surface area contributed by atoms with Gasteiger partial charge in [0.15, 0.2) is 11.5 Å². The van der Waals surface area contributed by atoms with Gasteiger partial charge in [0.2, 0.25) is 12.7 Å². The summed E-state index contributed by atoms with van der Waals surface area (Å²) in [5.74, 6) is 0.521. The van der Waals surface area contributed by atoms with Crippen LogP contribution in [0.1, 0.15) is 27.5 Å². The summed E-state index contributed by atoms with van der Waals surface area (Å²) in [6, 6.07) is 21.6. The first kappa shape index (κ1) is 24.1. The van der Waals surface area contributed by atoms with E-state index in [9.17, 15) is 14.7 Å². The number of rotatable bonds is 5. The molecule has 38 heavy (non-hydrogen) atoms. The minimum Gasteiger partial charge on any atom is -0.480 e. The highest BCUT2D eigenvalue weighted by molar-refractivity contribution is 8.00. The average Bonchev–Trinajstić information content (AvgIpc) is 3.49. The molecule has 2 aliphatic rings. The molecule has 0 fully saturated rings. The quantitative estimate of drug-likeness (QED) is 0.384. The second-order valence-corrected chi connectivity index (χ2v) is 10.4. The van der Waals surface area contributed by atoms with Crippen LogP contribution in [0.15, 0.2) is 66.7 Å². The first-order valence-electron chi connectivity index (χ1n) is 12.2. The Morgan fingerprint density at radius 2 is 1.84 bits per heavy atom. The molecule has 1 N–H and O–H groups in total. The molecule has 192 valence electrons. The van der Waals surface area contributed by atoms with Gasteiger partial charge in [-0.25, -0.2) is 4.68 Å². The van der Waals surface area contributed by atoms with E-state index in [0.717, 1.165) is 33.5 Å². The molecule has 1 amide bonds. The van der Waals surface area contributed by atoms with E-state index in [0.29, 0.717) is 23.0 Å². The maximum absolute atomic E-state index is 13.5. The van der Waals surface area contributed by atoms with Crippen molar-refractivity contribution in [2.24, 2.45) is 0 Å². The van der Waals surface area contributed by atoms with E-state index in [1.807, 2.05) is 74.5 Å². The average molecular weight is 528 g/mol. The minimum atomic E-state index is -1.09. The van der Waals surface area contributed by atoms with Gasteiger partial charge in [-0.3, -0.25) is 14.5 Å². The lowest BCUT2D eigenvalue weighted by Crippen LogP contribution is -2.38. The number of aromatic nitrogens is 2. The van der Waals surface area contributed by atoms with Crippen LogP contribution in [0.2, 0.25) is 0 Å². The molecule has 1 atom stereocenters. The van der Waals surface area contributed by atoms with Gasteiger partial charge in [-0.15, -0.1) is 11.8 Å². The van der Waals surface area contributed by atoms with Crippen LogP contribution in [0.4, 0.5) is 5.82 Å². The SMILES string of the molecule is Cc1ccc(-n2nc(-c3ccccc3)c3c2N(CC(=O)O)C(=O)CSC3c2ccc3c(c2)OCO3)c(C)c1. The van der Waals surface area contributed by atoms with Crippen LogP contribution >= 0.6 is 11.8 Å². The van der Waals surface area contributed by atoms with E-state index < -0.39 is 12.5 Å². The minimum absolute atomic E-state index is 0.113. The van der Waals surface area contributed by atoms with Crippen molar-refractivity contribution in [3.05, 3.63) is 89.0 Å². The summed E-state index contributed by atoms with van der Waals surface area (Å²) in [6.07, 6.45) is 0. The molecular weight excluding hydrogens is 502 g/mol. The lowest BCUT2D eigenvalue weighted by Gasteiger charge is -2.22. The van der Waals surface area contributed by atoms with Gasteiger partial charge in [-0.2, -0.15) is 5.10 Å². The van der Waals surface area contributed by atoms with Crippen molar-refractivity contribution in [2.75, 3.05) is 24.0 Å². The Bertz CT molecular complexity index is 1570. The molecule has 1 aromatic heterocycles. The second kappa shape index (κ2) is 9.57. The molecule has 0 saturated heterocycles. The van der Waals surface area contributed by atoms with Crippen molar-refractivity contribution in [3.63, 3.8) is 0 Å². The number of carbonyl (C=O) groups excluding carboxylic acids is 1. The number of thioether (sulfide) groups is 1. The summed E-state index contributed by atoms with van der Waals surface area (Å²) >= 11 is 1.45. The van der Waals surface area contributed by atoms with Crippen LogP contribution in [-0.4, -0.2) is 45.9 Å². The number of aryl methyl sites for hydroxylation is 2. The van der Waals surface area contributed by atoms with Crippen LogP contribution in [0.3, 0.4) is 0 Å². The Morgan fingerprint density at radius 3 is 2.61 bits per heavy atom. The van der Waals surface area contributed by atoms with Gasteiger partial charge in [0.05, 0.1) is 22.4 Å². The number of anilines is 1. The van der Waals surface area contributed by atoms with Crippen molar-refractivity contribution in [1.82, 2.24) is 9.78 Å². The molecule has 0 spiro atoms. The summed E-state index contributed by atoms with van der Waals surface area (Å²) in [6.45, 7) is 3.70. The fourth-order valence-corrected chi connectivity index (χ4v) is 6.20. The highest BCUT2D eigenvalue weighted by Crippen LogP contribution is 2.50. The Hall–Kier alpha value is -4.24. The number of nitrogens with zero attached hydrogens (tertiary/aromatic N) is 3. The molecule has 0 aliphatic carbocycles. The summed E-state index contributed by atoms with van der Waals surface area (Å²) < 4.78 is 12.9. The van der Waals surface area contributed by atoms with Crippen molar-refractivity contribution in [2.45, 2.75) is 19.1 Å². The fraction of sp³-hybridized carbons (Fsp3) is 0.207. The van der Waals surface area contributed by atoms with Crippen LogP contribution < -0.4 is 14.4 Å². The zero-order valence-corrected chi connectivity index (χ0v) is 21.7. The maximum Gasteiger partial charge on any atom is 0.323 e. The first-order valence-corrected chi connectivity index (χ1v) is 13.2. The van der Waals surface area contributed by atoms with Crippen LogP contribution in [-0.2, 0) is 9.59 Å². The molecule has 9 heteroatoms. The normalized spacial score (nSPS) is 16.3. The van der Waals surface area contributed by atoms with Crippen molar-refractivity contribution in [1.29, 1.82) is 0 Å². The van der Waals surface area contributed by atoms with Crippen LogP contribution in [0, 0.1) is 13.8 Å². The standard InChI is InChI=1S/C29H25N3O5S/c1-17-8-10-21(18(2)12-17)32-29-26(27(30-32)19-6-4-3-5-7-19)28(38-15-24(33)31(29)14-25(34)35)20-9-11-22-23(13-20)37-16-36-22/h3-13,28H,14-16H2,1-2H3,(H,34,35). The lowest BCUT2D eigenvalue weighted by molar-refractivity contribution is -0.136. The zero-order chi connectivity index (χ0) is 26.4. The summed E-state index contributed by atoms with van der Waals surface area (Å²) in [7, 11) is 0. The topological polar surface area (TPSA) is 93.9 Å². The summed E-state index contributed by atoms with van der Waals surface area (Å²) in [5.41, 5.74) is 6.13. The van der Waals surface area contributed by atoms with Gasteiger partial charge in [0, 0.05) is 11.1 Å². The number of ether oxygens (including phenoxy) is 2. The van der Waals surface area contributed by atoms with E-state index in [1.54, 1.807) is 4.68 Å². The number of aliphatic carboxylic acids is 1. The lowest BCUT2D eigenvalue weighted by atomic mass is 9.99. The molecule has 8 nitrogen and oxygen atoms in total. The van der Waals surface area contributed by atoms with Gasteiger partial charge >= 0.3 is 5.97 Å². The Labute approximate surface area is 223 Å². The van der Waals surface area contributed by atoms with Gasteiger partial charge < -0.3 is 14.6 Å². The third kappa shape index (κ3) is 4.18. The number of hydrogen-bond acceptors (Lipinski definition) is 6. The second-order valence-electron chi connectivity index (χ2n) is 9.33. The van der Waals surface area contributed by atoms with E-state index in [4.69, 9.17) is 14.6 Å². The van der Waals surface area contributed by atoms with Crippen molar-refractivity contribution in [3.8, 4) is 28.4 Å². The van der Waals surface area contributed by atoms with Crippen LogP contribution in [0.25, 0.3) is 16.9 Å². The monoisotopic (exact) mass is 527 g/mol. The first-order chi connectivity index (χ1) is 18.4. The Morgan fingerprint density at radius 1 is 1.05 bits per heavy atom. The Kier molecular flexibility index (Phi) is 6.07. The number of hydrogen-bond donors (Lipinski definition) is 1. The number of amides is 1. The van der Waals surface area contributed by atoms with Crippen molar-refractivity contribution < 1.29 is 24.2 Å². The summed E-state index contributed by atoms with van der Waals surface area (Å²) in [4.78, 5) is 26.8. The number of carboxylic acids is 1. The maximum atomic E-state index is 13.5. The number of carbonyl (C=O) groups is 2. The van der Waals surface area contributed by atoms with Crippen LogP contribution in [0.5, 0.6) is 11.5 Å². The predicted molar refractivity (Wildman–Crippen MR) is 145 cm³/mol. The molecule has 2 aliphatic heterocycles. The molecular formula is C29H25N3O5S. The highest BCUT2D eigenvalue weighted by Gasteiger charge is 2.38. The highest BCUT2D eigenvalue weighted by atomic mass is 32.2. The fourth-order valence-electron chi connectivity index (χ4n) is 5.01. The van der Waals surface area contributed by atoms with Crippen molar-refractivity contribution >= 4 is 29.5 Å². The zero-order valence-electron chi connectivity index (χ0n) is 20.9. The van der Waals surface area contributed by atoms with Gasteiger partial charge in [-0.05, 0) is 43.2 Å². The molecule has 6 rings (SSSR count). The van der Waals surface area contributed by atoms with E-state index in [1.165, 1.54) is 16.7 Å². The predicted octanol–water partition coefficient (Wildman–Crippen LogP) is 5.14. The third-order valence-electron chi connectivity index (χ3n) is 6.71. The Balaban J connectivity index is 1.67. The number of carboxylic acid groups (broad SMARTS) is 1. The molecule has 0 radical (unpaired) electrons. The van der Waals surface area contributed by atoms with E-state index in [-0.39, 0.29) is 23.7 Å². The van der Waals surface area contributed by atoms with Gasteiger partial charge in [0.1, 0.15) is 12.4 Å². The molecule has 3 aromatic carbocycles.